The maximum atomic E-state index is 12.4. The van der Waals surface area contributed by atoms with Gasteiger partial charge < -0.3 is 15.4 Å². The van der Waals surface area contributed by atoms with E-state index in [0.717, 1.165) is 17.1 Å². The van der Waals surface area contributed by atoms with E-state index >= 15 is 0 Å². The van der Waals surface area contributed by atoms with Gasteiger partial charge in [-0.05, 0) is 19.1 Å². The van der Waals surface area contributed by atoms with Crippen molar-refractivity contribution in [1.82, 2.24) is 9.59 Å². The molecule has 0 radical (unpaired) electrons. The molecule has 0 bridgehead atoms. The van der Waals surface area contributed by atoms with Gasteiger partial charge in [-0.15, -0.1) is 9.50 Å². The summed E-state index contributed by atoms with van der Waals surface area (Å²) in [5.74, 6) is -0.161. The number of amidine groups is 1. The second-order valence-electron chi connectivity index (χ2n) is 5.29. The molecule has 128 valence electrons. The number of hydrogen-bond acceptors (Lipinski definition) is 7. The first-order chi connectivity index (χ1) is 11.5. The van der Waals surface area contributed by atoms with Crippen molar-refractivity contribution in [2.45, 2.75) is 11.8 Å². The van der Waals surface area contributed by atoms with E-state index in [9.17, 15) is 8.42 Å². The molecule has 2 heterocycles. The molecule has 3 rings (SSSR count). The Hall–Kier alpha value is -2.04. The van der Waals surface area contributed by atoms with Crippen LogP contribution in [0, 0.1) is 6.92 Å². The van der Waals surface area contributed by atoms with Gasteiger partial charge in [0.1, 0.15) is 5.00 Å². The first-order valence-corrected chi connectivity index (χ1v) is 9.51. The van der Waals surface area contributed by atoms with E-state index in [1.54, 1.807) is 12.1 Å². The zero-order valence-electron chi connectivity index (χ0n) is 13.0. The number of nitrogens with two attached hydrogens (primary N) is 1. The van der Waals surface area contributed by atoms with Gasteiger partial charge in [0.25, 0.3) is 10.0 Å². The second-order valence-corrected chi connectivity index (χ2v) is 7.63. The highest BCUT2D eigenvalue weighted by Crippen LogP contribution is 2.24. The number of anilines is 1. The molecular formula is C14H17N5O3S2. The summed E-state index contributed by atoms with van der Waals surface area (Å²) in [5.41, 5.74) is 7.17. The topological polar surface area (TPSA) is 111 Å². The fourth-order valence-electron chi connectivity index (χ4n) is 2.26. The maximum absolute atomic E-state index is 12.4. The first-order valence-electron chi connectivity index (χ1n) is 7.30. The fraction of sp³-hybridized carbons (Fsp3) is 0.357. The molecule has 1 saturated heterocycles. The Morgan fingerprint density at radius 1 is 1.29 bits per heavy atom. The lowest BCUT2D eigenvalue weighted by Gasteiger charge is -2.27. The van der Waals surface area contributed by atoms with Gasteiger partial charge >= 0.3 is 0 Å². The number of rotatable bonds is 4. The standard InChI is InChI=1S/C14H17N5O3S2/c1-10-2-4-11(5-3-10)24(20,21)17-13(15)12-14(23-18-16-12)19-6-8-22-9-7-19/h2-5H,6-9H2,1H3,(H2,15,17). The van der Waals surface area contributed by atoms with Crippen LogP contribution >= 0.6 is 11.5 Å². The molecule has 0 aliphatic carbocycles. The molecule has 1 aliphatic heterocycles. The van der Waals surface area contributed by atoms with E-state index in [4.69, 9.17) is 10.5 Å². The van der Waals surface area contributed by atoms with Crippen molar-refractivity contribution < 1.29 is 13.2 Å². The third-order valence-corrected chi connectivity index (χ3v) is 5.64. The van der Waals surface area contributed by atoms with E-state index < -0.39 is 10.0 Å². The van der Waals surface area contributed by atoms with Crippen LogP contribution in [0.25, 0.3) is 0 Å². The summed E-state index contributed by atoms with van der Waals surface area (Å²) in [5, 5.41) is 4.66. The third-order valence-electron chi connectivity index (χ3n) is 3.55. The van der Waals surface area contributed by atoms with E-state index in [1.807, 2.05) is 11.8 Å². The lowest BCUT2D eigenvalue weighted by molar-refractivity contribution is 0.123. The monoisotopic (exact) mass is 367 g/mol. The number of sulfonamides is 1. The van der Waals surface area contributed by atoms with Gasteiger partial charge in [0.05, 0.1) is 18.1 Å². The summed E-state index contributed by atoms with van der Waals surface area (Å²) < 4.78 is 37.7. The average Bonchev–Trinajstić information content (AvgIpc) is 3.05. The van der Waals surface area contributed by atoms with Crippen molar-refractivity contribution >= 4 is 32.4 Å². The van der Waals surface area contributed by atoms with E-state index in [1.165, 1.54) is 12.1 Å². The number of ether oxygens (including phenoxy) is 1. The molecule has 0 amide bonds. The SMILES string of the molecule is Cc1ccc(S(=O)(=O)/N=C(\N)c2nnsc2N2CCOCC2)cc1. The fourth-order valence-corrected chi connectivity index (χ4v) is 3.92. The number of aromatic nitrogens is 2. The number of morpholine rings is 1. The van der Waals surface area contributed by atoms with Crippen molar-refractivity contribution in [3.63, 3.8) is 0 Å². The molecule has 1 aromatic heterocycles. The lowest BCUT2D eigenvalue weighted by Crippen LogP contribution is -2.37. The minimum atomic E-state index is -3.89. The highest BCUT2D eigenvalue weighted by Gasteiger charge is 2.22. The molecule has 0 atom stereocenters. The normalized spacial score (nSPS) is 16.4. The number of benzene rings is 1. The Morgan fingerprint density at radius 2 is 1.96 bits per heavy atom. The molecule has 1 fully saturated rings. The van der Waals surface area contributed by atoms with Crippen molar-refractivity contribution in [1.29, 1.82) is 0 Å². The highest BCUT2D eigenvalue weighted by atomic mass is 32.2. The van der Waals surface area contributed by atoms with Crippen LogP contribution in [0.5, 0.6) is 0 Å². The van der Waals surface area contributed by atoms with Crippen LogP contribution in [0.3, 0.4) is 0 Å². The second kappa shape index (κ2) is 6.83. The van der Waals surface area contributed by atoms with E-state index in [2.05, 4.69) is 14.0 Å². The summed E-state index contributed by atoms with van der Waals surface area (Å²) in [4.78, 5) is 2.11. The van der Waals surface area contributed by atoms with Gasteiger partial charge in [-0.25, -0.2) is 0 Å². The summed E-state index contributed by atoms with van der Waals surface area (Å²) in [6, 6.07) is 6.43. The van der Waals surface area contributed by atoms with Crippen LogP contribution in [0.1, 0.15) is 11.3 Å². The van der Waals surface area contributed by atoms with Gasteiger partial charge in [-0.2, -0.15) is 8.42 Å². The molecule has 0 unspecified atom stereocenters. The minimum absolute atomic E-state index is 0.0900. The van der Waals surface area contributed by atoms with Crippen molar-refractivity contribution in [2.75, 3.05) is 31.2 Å². The zero-order valence-corrected chi connectivity index (χ0v) is 14.7. The predicted molar refractivity (Wildman–Crippen MR) is 92.0 cm³/mol. The molecule has 1 aliphatic rings. The Kier molecular flexibility index (Phi) is 4.78. The predicted octanol–water partition coefficient (Wildman–Crippen LogP) is 0.777. The van der Waals surface area contributed by atoms with Crippen molar-refractivity contribution in [3.8, 4) is 0 Å². The lowest BCUT2D eigenvalue weighted by atomic mass is 10.2. The van der Waals surface area contributed by atoms with Gasteiger partial charge in [0.2, 0.25) is 0 Å². The highest BCUT2D eigenvalue weighted by molar-refractivity contribution is 7.90. The Balaban J connectivity index is 1.91. The Morgan fingerprint density at radius 3 is 2.62 bits per heavy atom. The van der Waals surface area contributed by atoms with Gasteiger partial charge in [-0.3, -0.25) is 0 Å². The molecule has 10 heteroatoms. The van der Waals surface area contributed by atoms with E-state index in [-0.39, 0.29) is 16.4 Å². The summed E-state index contributed by atoms with van der Waals surface area (Å²) in [7, 11) is -3.89. The Bertz CT molecular complexity index is 840. The summed E-state index contributed by atoms with van der Waals surface area (Å²) in [6.45, 7) is 4.42. The van der Waals surface area contributed by atoms with Crippen LogP contribution in [-0.2, 0) is 14.8 Å². The molecule has 8 nitrogen and oxygen atoms in total. The van der Waals surface area contributed by atoms with Gasteiger partial charge in [0, 0.05) is 24.6 Å². The molecule has 1 aromatic carbocycles. The molecule has 24 heavy (non-hydrogen) atoms. The Labute approximate surface area is 144 Å². The smallest absolute Gasteiger partial charge is 0.284 e. The molecule has 0 saturated carbocycles. The largest absolute Gasteiger partial charge is 0.381 e. The van der Waals surface area contributed by atoms with Crippen LogP contribution in [0.15, 0.2) is 33.6 Å². The quantitative estimate of drug-likeness (QED) is 0.628. The van der Waals surface area contributed by atoms with Crippen LogP contribution in [0.2, 0.25) is 0 Å². The van der Waals surface area contributed by atoms with Crippen LogP contribution in [-0.4, -0.2) is 50.1 Å². The van der Waals surface area contributed by atoms with Gasteiger partial charge in [-0.1, -0.05) is 22.2 Å². The number of hydrogen-bond donors (Lipinski definition) is 1. The summed E-state index contributed by atoms with van der Waals surface area (Å²) in [6.07, 6.45) is 0. The zero-order chi connectivity index (χ0) is 17.2. The third kappa shape index (κ3) is 3.55. The minimum Gasteiger partial charge on any atom is -0.381 e. The molecule has 2 aromatic rings. The molecular weight excluding hydrogens is 350 g/mol. The van der Waals surface area contributed by atoms with Crippen molar-refractivity contribution in [3.05, 3.63) is 35.5 Å². The van der Waals surface area contributed by atoms with Gasteiger partial charge in [0.15, 0.2) is 11.5 Å². The summed E-state index contributed by atoms with van der Waals surface area (Å²) >= 11 is 1.16. The average molecular weight is 367 g/mol. The van der Waals surface area contributed by atoms with Crippen molar-refractivity contribution in [2.24, 2.45) is 10.1 Å². The molecule has 2 N–H and O–H groups in total. The molecule has 0 spiro atoms. The van der Waals surface area contributed by atoms with E-state index in [0.29, 0.717) is 31.3 Å². The number of nitrogens with zero attached hydrogens (tertiary/aromatic N) is 4. The number of aryl methyl sites for hydroxylation is 1. The maximum Gasteiger partial charge on any atom is 0.284 e. The first kappa shape index (κ1) is 16.8. The van der Waals surface area contributed by atoms with Crippen LogP contribution in [0.4, 0.5) is 5.00 Å². The van der Waals surface area contributed by atoms with Crippen LogP contribution < -0.4 is 10.6 Å².